The van der Waals surface area contributed by atoms with Crippen LogP contribution in [-0.2, 0) is 0 Å². The van der Waals surface area contributed by atoms with Gasteiger partial charge in [0.1, 0.15) is 17.5 Å². The number of fused-ring (bicyclic) bond motifs is 1. The lowest BCUT2D eigenvalue weighted by Gasteiger charge is -2.33. The molecule has 8 nitrogen and oxygen atoms in total. The Bertz CT molecular complexity index is 1310. The first-order chi connectivity index (χ1) is 16.6. The number of carbonyl (C=O) groups is 1. The Hall–Kier alpha value is -4.04. The van der Waals surface area contributed by atoms with E-state index in [4.69, 9.17) is 0 Å². The molecule has 1 fully saturated rings. The molecule has 1 saturated heterocycles. The summed E-state index contributed by atoms with van der Waals surface area (Å²) in [5.74, 6) is 1.96. The molecule has 34 heavy (non-hydrogen) atoms. The van der Waals surface area contributed by atoms with Gasteiger partial charge in [-0.3, -0.25) is 4.79 Å². The van der Waals surface area contributed by atoms with Crippen molar-refractivity contribution in [2.75, 3.05) is 55.8 Å². The summed E-state index contributed by atoms with van der Waals surface area (Å²) in [5.41, 5.74) is 2.64. The molecule has 0 aliphatic carbocycles. The third-order valence-electron chi connectivity index (χ3n) is 6.15. The largest absolute Gasteiger partial charge is 0.373 e. The summed E-state index contributed by atoms with van der Waals surface area (Å²) in [6.45, 7) is 3.76. The van der Waals surface area contributed by atoms with E-state index in [9.17, 15) is 4.79 Å². The molecule has 1 aliphatic heterocycles. The van der Waals surface area contributed by atoms with Crippen molar-refractivity contribution in [2.24, 2.45) is 0 Å². The van der Waals surface area contributed by atoms with Crippen LogP contribution in [0.25, 0.3) is 21.9 Å². The van der Waals surface area contributed by atoms with E-state index in [0.717, 1.165) is 59.7 Å². The van der Waals surface area contributed by atoms with Crippen LogP contribution in [0.1, 0.15) is 10.4 Å². The smallest absolute Gasteiger partial charge is 0.257 e. The second kappa shape index (κ2) is 9.44. The van der Waals surface area contributed by atoms with Crippen molar-refractivity contribution in [3.8, 4) is 11.1 Å². The molecule has 0 saturated carbocycles. The molecule has 1 amide bonds. The third kappa shape index (κ3) is 4.67. The van der Waals surface area contributed by atoms with Crippen molar-refractivity contribution in [3.63, 3.8) is 0 Å². The van der Waals surface area contributed by atoms with Gasteiger partial charge < -0.3 is 20.4 Å². The molecular formula is C26H27N7O. The lowest BCUT2D eigenvalue weighted by molar-refractivity contribution is 0.102. The number of aromatic nitrogens is 3. The molecule has 0 radical (unpaired) electrons. The fraction of sp³-hybridized carbons (Fsp3) is 0.231. The molecule has 0 bridgehead atoms. The Morgan fingerprint density at radius 1 is 0.824 bits per heavy atom. The number of pyridine rings is 3. The first-order valence-corrected chi connectivity index (χ1v) is 11.3. The summed E-state index contributed by atoms with van der Waals surface area (Å²) in [4.78, 5) is 30.8. The first kappa shape index (κ1) is 21.8. The SMILES string of the molecule is CNc1ccc(-c2ccc3cnc(NC(=O)c4ccnc(N5CCN(C)CC5)c4)cc3c2)cn1. The summed E-state index contributed by atoms with van der Waals surface area (Å²) >= 11 is 0. The van der Waals surface area contributed by atoms with Gasteiger partial charge in [-0.2, -0.15) is 0 Å². The van der Waals surface area contributed by atoms with Gasteiger partial charge in [-0.25, -0.2) is 15.0 Å². The average molecular weight is 454 g/mol. The molecule has 5 rings (SSSR count). The normalized spacial score (nSPS) is 14.2. The monoisotopic (exact) mass is 453 g/mol. The zero-order valence-electron chi connectivity index (χ0n) is 19.3. The summed E-state index contributed by atoms with van der Waals surface area (Å²) in [6.07, 6.45) is 5.31. The number of hydrogen-bond acceptors (Lipinski definition) is 7. The van der Waals surface area contributed by atoms with Crippen LogP contribution in [-0.4, -0.2) is 66.0 Å². The van der Waals surface area contributed by atoms with E-state index in [2.05, 4.69) is 54.6 Å². The maximum atomic E-state index is 13.0. The molecule has 1 aliphatic rings. The quantitative estimate of drug-likeness (QED) is 0.476. The highest BCUT2D eigenvalue weighted by Crippen LogP contribution is 2.26. The van der Waals surface area contributed by atoms with Gasteiger partial charge in [0.05, 0.1) is 0 Å². The van der Waals surface area contributed by atoms with E-state index in [1.165, 1.54) is 0 Å². The van der Waals surface area contributed by atoms with Crippen LogP contribution >= 0.6 is 0 Å². The number of nitrogens with one attached hydrogen (secondary N) is 2. The molecule has 0 unspecified atom stereocenters. The number of piperazine rings is 1. The van der Waals surface area contributed by atoms with Crippen molar-refractivity contribution in [1.82, 2.24) is 19.9 Å². The van der Waals surface area contributed by atoms with Crippen molar-refractivity contribution < 1.29 is 4.79 Å². The molecule has 3 aromatic heterocycles. The minimum atomic E-state index is -0.201. The number of nitrogens with zero attached hydrogens (tertiary/aromatic N) is 5. The van der Waals surface area contributed by atoms with E-state index >= 15 is 0 Å². The fourth-order valence-electron chi connectivity index (χ4n) is 4.06. The molecular weight excluding hydrogens is 426 g/mol. The van der Waals surface area contributed by atoms with Gasteiger partial charge in [-0.05, 0) is 54.4 Å². The number of benzene rings is 1. The zero-order chi connectivity index (χ0) is 23.5. The first-order valence-electron chi connectivity index (χ1n) is 11.3. The van der Waals surface area contributed by atoms with Crippen molar-refractivity contribution in [3.05, 3.63) is 72.7 Å². The van der Waals surface area contributed by atoms with Gasteiger partial charge in [0.2, 0.25) is 0 Å². The van der Waals surface area contributed by atoms with Crippen LogP contribution in [0.2, 0.25) is 0 Å². The van der Waals surface area contributed by atoms with Gasteiger partial charge in [0, 0.05) is 68.3 Å². The number of carbonyl (C=O) groups excluding carboxylic acids is 1. The van der Waals surface area contributed by atoms with Gasteiger partial charge in [-0.15, -0.1) is 0 Å². The maximum Gasteiger partial charge on any atom is 0.257 e. The topological polar surface area (TPSA) is 86.3 Å². The van der Waals surface area contributed by atoms with Crippen molar-refractivity contribution >= 4 is 34.1 Å². The number of hydrogen-bond donors (Lipinski definition) is 2. The summed E-state index contributed by atoms with van der Waals surface area (Å²) in [5, 5.41) is 7.96. The van der Waals surface area contributed by atoms with Crippen LogP contribution in [0.15, 0.2) is 67.1 Å². The lowest BCUT2D eigenvalue weighted by Crippen LogP contribution is -2.44. The molecule has 2 N–H and O–H groups in total. The molecule has 1 aromatic carbocycles. The molecule has 4 aromatic rings. The predicted octanol–water partition coefficient (Wildman–Crippen LogP) is 3.74. The van der Waals surface area contributed by atoms with Crippen LogP contribution < -0.4 is 15.5 Å². The van der Waals surface area contributed by atoms with E-state index in [0.29, 0.717) is 11.4 Å². The summed E-state index contributed by atoms with van der Waals surface area (Å²) < 4.78 is 0. The minimum absolute atomic E-state index is 0.201. The maximum absolute atomic E-state index is 13.0. The number of amides is 1. The highest BCUT2D eigenvalue weighted by Gasteiger charge is 2.17. The third-order valence-corrected chi connectivity index (χ3v) is 6.15. The van der Waals surface area contributed by atoms with E-state index in [1.807, 2.05) is 43.6 Å². The Balaban J connectivity index is 1.35. The van der Waals surface area contributed by atoms with E-state index in [-0.39, 0.29) is 5.91 Å². The molecule has 172 valence electrons. The fourth-order valence-corrected chi connectivity index (χ4v) is 4.06. The standard InChI is InChI=1S/C26H27N7O/c1-27-23-6-5-20(16-29-23)18-3-4-21-17-30-24(14-22(21)13-18)31-26(34)19-7-8-28-25(15-19)33-11-9-32(2)10-12-33/h3-8,13-17H,9-12H2,1-2H3,(H,27,29)(H,30,31,34). The zero-order valence-corrected chi connectivity index (χ0v) is 19.3. The van der Waals surface area contributed by atoms with E-state index < -0.39 is 0 Å². The summed E-state index contributed by atoms with van der Waals surface area (Å²) in [6, 6.07) is 15.6. The van der Waals surface area contributed by atoms with Gasteiger partial charge in [0.15, 0.2) is 0 Å². The number of likely N-dealkylation sites (N-methyl/N-ethyl adjacent to an activating group) is 1. The number of rotatable bonds is 5. The van der Waals surface area contributed by atoms with Gasteiger partial charge in [-0.1, -0.05) is 12.1 Å². The van der Waals surface area contributed by atoms with Gasteiger partial charge in [0.25, 0.3) is 5.91 Å². The Morgan fingerprint density at radius 2 is 1.62 bits per heavy atom. The second-order valence-corrected chi connectivity index (χ2v) is 8.46. The minimum Gasteiger partial charge on any atom is -0.373 e. The van der Waals surface area contributed by atoms with E-state index in [1.54, 1.807) is 18.5 Å². The average Bonchev–Trinajstić information content (AvgIpc) is 2.89. The molecule has 0 spiro atoms. The van der Waals surface area contributed by atoms with Crippen LogP contribution in [0.3, 0.4) is 0 Å². The van der Waals surface area contributed by atoms with Gasteiger partial charge >= 0.3 is 0 Å². The Kier molecular flexibility index (Phi) is 6.05. The summed E-state index contributed by atoms with van der Waals surface area (Å²) in [7, 11) is 3.96. The molecule has 8 heteroatoms. The van der Waals surface area contributed by atoms with Crippen molar-refractivity contribution in [1.29, 1.82) is 0 Å². The highest BCUT2D eigenvalue weighted by molar-refractivity contribution is 6.05. The highest BCUT2D eigenvalue weighted by atomic mass is 16.1. The lowest BCUT2D eigenvalue weighted by atomic mass is 10.0. The predicted molar refractivity (Wildman–Crippen MR) is 136 cm³/mol. The molecule has 4 heterocycles. The van der Waals surface area contributed by atoms with Crippen LogP contribution in [0.5, 0.6) is 0 Å². The Labute approximate surface area is 198 Å². The Morgan fingerprint density at radius 3 is 2.38 bits per heavy atom. The van der Waals surface area contributed by atoms with Crippen LogP contribution in [0.4, 0.5) is 17.5 Å². The van der Waals surface area contributed by atoms with Crippen LogP contribution in [0, 0.1) is 0 Å². The molecule has 0 atom stereocenters. The second-order valence-electron chi connectivity index (χ2n) is 8.46. The van der Waals surface area contributed by atoms with Crippen molar-refractivity contribution in [2.45, 2.75) is 0 Å². The number of anilines is 3.